The summed E-state index contributed by atoms with van der Waals surface area (Å²) in [4.78, 5) is 13.3. The lowest BCUT2D eigenvalue weighted by molar-refractivity contribution is 0.0767. The third kappa shape index (κ3) is 1.19. The van der Waals surface area contributed by atoms with Gasteiger partial charge in [0.25, 0.3) is 0 Å². The van der Waals surface area contributed by atoms with Crippen LogP contribution in [0.5, 0.6) is 0 Å². The highest BCUT2D eigenvalue weighted by Crippen LogP contribution is 2.68. The Kier molecular flexibility index (Phi) is 2.06. The average Bonchev–Trinajstić information content (AvgIpc) is 3.11. The Labute approximate surface area is 131 Å². The molecule has 1 fully saturated rings. The smallest absolute Gasteiger partial charge is 0.167 e. The van der Waals surface area contributed by atoms with Gasteiger partial charge in [-0.25, -0.2) is 0 Å². The summed E-state index contributed by atoms with van der Waals surface area (Å²) in [6.07, 6.45) is 10.1. The first-order valence-electron chi connectivity index (χ1n) is 9.18. The van der Waals surface area contributed by atoms with Crippen LogP contribution in [0, 0.1) is 17.3 Å². The van der Waals surface area contributed by atoms with Crippen molar-refractivity contribution in [2.24, 2.45) is 17.3 Å². The van der Waals surface area contributed by atoms with Crippen LogP contribution in [0.1, 0.15) is 72.3 Å². The van der Waals surface area contributed by atoms with E-state index in [2.05, 4.69) is 18.2 Å². The summed E-state index contributed by atoms with van der Waals surface area (Å²) in [5.41, 5.74) is 7.77. The van der Waals surface area contributed by atoms with Crippen LogP contribution in [0.2, 0.25) is 0 Å². The predicted molar refractivity (Wildman–Crippen MR) is 86.0 cm³/mol. The Morgan fingerprint density at radius 3 is 3.00 bits per heavy atom. The van der Waals surface area contributed by atoms with Crippen molar-refractivity contribution in [3.8, 4) is 0 Å². The molecule has 0 saturated heterocycles. The van der Waals surface area contributed by atoms with Crippen molar-refractivity contribution in [2.45, 2.75) is 57.3 Å². The van der Waals surface area contributed by atoms with Gasteiger partial charge in [0, 0.05) is 22.8 Å². The standard InChI is InChI=1S/C21H22O/c22-20-16-6-4-12-10-13(16)5-7-18(20)21-9-8-14(11-21)19-15(12)2-1-3-17(19)21/h4,6,10,14-15,18H,1-3,5,7-9,11H2. The first-order valence-corrected chi connectivity index (χ1v) is 9.18. The normalized spacial score (nSPS) is 40.7. The molecule has 1 aromatic carbocycles. The van der Waals surface area contributed by atoms with E-state index in [-0.39, 0.29) is 5.41 Å². The van der Waals surface area contributed by atoms with E-state index in [1.165, 1.54) is 49.7 Å². The predicted octanol–water partition coefficient (Wildman–Crippen LogP) is 4.81. The highest BCUT2D eigenvalue weighted by molar-refractivity contribution is 6.01. The second-order valence-electron chi connectivity index (χ2n) is 8.35. The molecule has 1 nitrogen and oxygen atoms in total. The molecule has 4 unspecified atom stereocenters. The van der Waals surface area contributed by atoms with Crippen molar-refractivity contribution in [3.63, 3.8) is 0 Å². The zero-order valence-electron chi connectivity index (χ0n) is 13.0. The molecule has 112 valence electrons. The van der Waals surface area contributed by atoms with Crippen LogP contribution in [0.3, 0.4) is 0 Å². The van der Waals surface area contributed by atoms with Crippen LogP contribution < -0.4 is 0 Å². The number of Topliss-reactive ketones (excluding diaryl/α,β-unsaturated/α-hetero) is 1. The maximum Gasteiger partial charge on any atom is 0.167 e. The molecule has 6 aliphatic carbocycles. The third-order valence-corrected chi connectivity index (χ3v) is 7.72. The zero-order valence-corrected chi connectivity index (χ0v) is 13.0. The number of benzene rings is 1. The average molecular weight is 290 g/mol. The minimum absolute atomic E-state index is 0.278. The highest BCUT2D eigenvalue weighted by Gasteiger charge is 2.58. The van der Waals surface area contributed by atoms with Crippen molar-refractivity contribution >= 4 is 5.78 Å². The molecule has 4 atom stereocenters. The number of fused-ring (bicyclic) bond motifs is 3. The Balaban J connectivity index is 1.72. The molecule has 0 aliphatic heterocycles. The van der Waals surface area contributed by atoms with Gasteiger partial charge in [0.1, 0.15) is 0 Å². The lowest BCUT2D eigenvalue weighted by atomic mass is 9.59. The molecule has 0 amide bonds. The highest BCUT2D eigenvalue weighted by atomic mass is 16.1. The van der Waals surface area contributed by atoms with E-state index < -0.39 is 0 Å². The van der Waals surface area contributed by atoms with E-state index in [4.69, 9.17) is 0 Å². The zero-order chi connectivity index (χ0) is 14.5. The molecule has 9 bridgehead atoms. The Morgan fingerprint density at radius 2 is 2.05 bits per heavy atom. The number of aryl methyl sites for hydroxylation is 1. The SMILES string of the molecule is O=C1c2ccc3cc2CCC1C12CCC(C1)C1=C2CCCC13. The number of allylic oxidation sites excluding steroid dienone is 2. The van der Waals surface area contributed by atoms with Gasteiger partial charge in [0.15, 0.2) is 5.78 Å². The van der Waals surface area contributed by atoms with Crippen molar-refractivity contribution in [1.29, 1.82) is 0 Å². The van der Waals surface area contributed by atoms with Crippen LogP contribution in [0.25, 0.3) is 0 Å². The van der Waals surface area contributed by atoms with E-state index in [1.807, 2.05) is 0 Å². The maximum absolute atomic E-state index is 13.3. The molecule has 7 rings (SSSR count). The van der Waals surface area contributed by atoms with Gasteiger partial charge in [0.2, 0.25) is 0 Å². The summed E-state index contributed by atoms with van der Waals surface area (Å²) < 4.78 is 0. The lowest BCUT2D eigenvalue weighted by Crippen LogP contribution is -2.39. The molecule has 1 spiro atoms. The Morgan fingerprint density at radius 1 is 1.09 bits per heavy atom. The van der Waals surface area contributed by atoms with E-state index >= 15 is 0 Å². The summed E-state index contributed by atoms with van der Waals surface area (Å²) in [7, 11) is 0. The maximum atomic E-state index is 13.3. The van der Waals surface area contributed by atoms with E-state index in [9.17, 15) is 4.79 Å². The molecule has 0 N–H and O–H groups in total. The number of carbonyl (C=O) groups excluding carboxylic acids is 1. The molecule has 0 aromatic heterocycles. The lowest BCUT2D eigenvalue weighted by Gasteiger charge is -2.44. The van der Waals surface area contributed by atoms with Gasteiger partial charge in [-0.1, -0.05) is 29.3 Å². The van der Waals surface area contributed by atoms with Gasteiger partial charge >= 0.3 is 0 Å². The summed E-state index contributed by atoms with van der Waals surface area (Å²) >= 11 is 0. The number of carbonyl (C=O) groups is 1. The Hall–Kier alpha value is -1.37. The van der Waals surface area contributed by atoms with Crippen molar-refractivity contribution in [3.05, 3.63) is 46.0 Å². The molecular formula is C21H22O. The number of rotatable bonds is 0. The topological polar surface area (TPSA) is 17.1 Å². The van der Waals surface area contributed by atoms with Gasteiger partial charge in [0.05, 0.1) is 0 Å². The molecule has 22 heavy (non-hydrogen) atoms. The fourth-order valence-corrected chi connectivity index (χ4v) is 6.97. The van der Waals surface area contributed by atoms with Gasteiger partial charge < -0.3 is 0 Å². The van der Waals surface area contributed by atoms with Gasteiger partial charge in [-0.2, -0.15) is 0 Å². The summed E-state index contributed by atoms with van der Waals surface area (Å²) in [6.45, 7) is 0. The molecule has 1 saturated carbocycles. The van der Waals surface area contributed by atoms with Crippen molar-refractivity contribution in [2.75, 3.05) is 0 Å². The summed E-state index contributed by atoms with van der Waals surface area (Å²) in [5, 5.41) is 0. The van der Waals surface area contributed by atoms with Gasteiger partial charge in [-0.3, -0.25) is 4.79 Å². The van der Waals surface area contributed by atoms with Gasteiger partial charge in [-0.15, -0.1) is 0 Å². The molecule has 1 heteroatoms. The number of hydrogen-bond acceptors (Lipinski definition) is 1. The molecule has 1 aromatic rings. The van der Waals surface area contributed by atoms with E-state index in [1.54, 1.807) is 11.1 Å². The minimum Gasteiger partial charge on any atom is -0.294 e. The molecule has 0 radical (unpaired) electrons. The molecule has 0 heterocycles. The van der Waals surface area contributed by atoms with Crippen molar-refractivity contribution in [1.82, 2.24) is 0 Å². The second kappa shape index (κ2) is 3.75. The Bertz CT molecular complexity index is 755. The number of ketones is 1. The minimum atomic E-state index is 0.278. The summed E-state index contributed by atoms with van der Waals surface area (Å²) in [6, 6.07) is 6.85. The fraction of sp³-hybridized carbons (Fsp3) is 0.571. The number of hydrogen-bond donors (Lipinski definition) is 0. The fourth-order valence-electron chi connectivity index (χ4n) is 6.97. The largest absolute Gasteiger partial charge is 0.294 e. The van der Waals surface area contributed by atoms with Crippen LogP contribution in [0.4, 0.5) is 0 Å². The second-order valence-corrected chi connectivity index (χ2v) is 8.35. The first kappa shape index (κ1) is 12.1. The van der Waals surface area contributed by atoms with E-state index in [0.29, 0.717) is 17.6 Å². The quantitative estimate of drug-likeness (QED) is 0.627. The third-order valence-electron chi connectivity index (χ3n) is 7.72. The molecular weight excluding hydrogens is 268 g/mol. The van der Waals surface area contributed by atoms with Crippen LogP contribution in [-0.4, -0.2) is 5.78 Å². The summed E-state index contributed by atoms with van der Waals surface area (Å²) in [5.74, 6) is 2.25. The van der Waals surface area contributed by atoms with Crippen LogP contribution in [-0.2, 0) is 6.42 Å². The van der Waals surface area contributed by atoms with Gasteiger partial charge in [-0.05, 0) is 68.4 Å². The van der Waals surface area contributed by atoms with Crippen LogP contribution >= 0.6 is 0 Å². The van der Waals surface area contributed by atoms with Crippen LogP contribution in [0.15, 0.2) is 29.3 Å². The van der Waals surface area contributed by atoms with E-state index in [0.717, 1.165) is 24.3 Å². The van der Waals surface area contributed by atoms with Crippen molar-refractivity contribution < 1.29 is 4.79 Å². The monoisotopic (exact) mass is 290 g/mol. The first-order chi connectivity index (χ1) is 10.8. The molecule has 6 aliphatic rings.